The quantitative estimate of drug-likeness (QED) is 0.665. The maximum Gasteiger partial charge on any atom is 0.169 e. The number of carbonyl (C=O) groups excluding carboxylic acids is 1. The molecule has 0 aliphatic rings. The molecule has 1 aromatic heterocycles. The lowest BCUT2D eigenvalue weighted by molar-refractivity contribution is 0.0992. The molecule has 0 amide bonds. The van der Waals surface area contributed by atoms with E-state index in [0.717, 1.165) is 15.8 Å². The van der Waals surface area contributed by atoms with E-state index in [1.165, 1.54) is 12.1 Å². The van der Waals surface area contributed by atoms with E-state index >= 15 is 0 Å². The molecule has 0 bridgehead atoms. The van der Waals surface area contributed by atoms with Gasteiger partial charge in [-0.05, 0) is 29.8 Å². The zero-order valence-electron chi connectivity index (χ0n) is 8.84. The summed E-state index contributed by atoms with van der Waals surface area (Å²) in [4.78, 5) is 12.0. The average Bonchev–Trinajstić information content (AvgIpc) is 2.63. The molecule has 6 heteroatoms. The zero-order chi connectivity index (χ0) is 13.3. The van der Waals surface area contributed by atoms with Gasteiger partial charge in [-0.25, -0.2) is 4.39 Å². The Kier molecular flexibility index (Phi) is 4.43. The van der Waals surface area contributed by atoms with Crippen molar-refractivity contribution < 1.29 is 9.18 Å². The highest BCUT2D eigenvalue weighted by Gasteiger charge is 2.16. The summed E-state index contributed by atoms with van der Waals surface area (Å²) in [6.45, 7) is 0. The minimum Gasteiger partial charge on any atom is -0.294 e. The normalized spacial score (nSPS) is 10.7. The van der Waals surface area contributed by atoms with Crippen LogP contribution in [0.4, 0.5) is 4.39 Å². The number of thiophene rings is 1. The van der Waals surface area contributed by atoms with Crippen LogP contribution in [0.15, 0.2) is 28.7 Å². The average molecular weight is 368 g/mol. The van der Waals surface area contributed by atoms with Gasteiger partial charge in [0.05, 0.1) is 4.34 Å². The van der Waals surface area contributed by atoms with Gasteiger partial charge >= 0.3 is 0 Å². The molecule has 2 rings (SSSR count). The molecule has 94 valence electrons. The van der Waals surface area contributed by atoms with Crippen molar-refractivity contribution in [1.29, 1.82) is 0 Å². The summed E-state index contributed by atoms with van der Waals surface area (Å²) in [5.41, 5.74) is 0.666. The van der Waals surface area contributed by atoms with Crippen molar-refractivity contribution in [1.82, 2.24) is 0 Å². The first-order chi connectivity index (χ1) is 8.47. The zero-order valence-corrected chi connectivity index (χ0v) is 12.8. The van der Waals surface area contributed by atoms with Gasteiger partial charge < -0.3 is 0 Å². The highest BCUT2D eigenvalue weighted by atomic mass is 79.9. The summed E-state index contributed by atoms with van der Waals surface area (Å²) in [7, 11) is 0. The van der Waals surface area contributed by atoms with Crippen LogP contribution < -0.4 is 0 Å². The van der Waals surface area contributed by atoms with Crippen molar-refractivity contribution in [2.45, 2.75) is 6.42 Å². The number of carbonyl (C=O) groups is 1. The smallest absolute Gasteiger partial charge is 0.169 e. The molecule has 0 spiro atoms. The summed E-state index contributed by atoms with van der Waals surface area (Å²) in [5.74, 6) is -0.663. The molecule has 0 radical (unpaired) electrons. The van der Waals surface area contributed by atoms with E-state index < -0.39 is 5.82 Å². The van der Waals surface area contributed by atoms with Crippen molar-refractivity contribution in [2.24, 2.45) is 0 Å². The Morgan fingerprint density at radius 2 is 2.06 bits per heavy atom. The summed E-state index contributed by atoms with van der Waals surface area (Å²) < 4.78 is 15.0. The molecule has 1 heterocycles. The molecule has 18 heavy (non-hydrogen) atoms. The van der Waals surface area contributed by atoms with Crippen molar-refractivity contribution in [3.63, 3.8) is 0 Å². The van der Waals surface area contributed by atoms with Crippen LogP contribution in [0.5, 0.6) is 0 Å². The summed E-state index contributed by atoms with van der Waals surface area (Å²) in [6.07, 6.45) is -0.0436. The third kappa shape index (κ3) is 3.12. The molecule has 0 saturated heterocycles. The molecule has 0 aliphatic carbocycles. The number of Topliss-reactive ketones (excluding diaryl/α,β-unsaturated/α-hetero) is 1. The van der Waals surface area contributed by atoms with Crippen molar-refractivity contribution in [3.05, 3.63) is 54.4 Å². The second-order valence-corrected chi connectivity index (χ2v) is 6.77. The van der Waals surface area contributed by atoms with E-state index in [9.17, 15) is 9.18 Å². The molecule has 0 atom stereocenters. The topological polar surface area (TPSA) is 17.1 Å². The fourth-order valence-electron chi connectivity index (χ4n) is 1.48. The highest BCUT2D eigenvalue weighted by Crippen LogP contribution is 2.32. The molecule has 0 aliphatic heterocycles. The predicted molar refractivity (Wildman–Crippen MR) is 76.5 cm³/mol. The van der Waals surface area contributed by atoms with Gasteiger partial charge in [-0.3, -0.25) is 4.79 Å². The predicted octanol–water partition coefficient (Wildman–Crippen LogP) is 5.38. The van der Waals surface area contributed by atoms with E-state index in [1.54, 1.807) is 12.1 Å². The third-order valence-corrected chi connectivity index (χ3v) is 4.30. The van der Waals surface area contributed by atoms with Gasteiger partial charge in [0.1, 0.15) is 10.2 Å². The fraction of sp³-hybridized carbons (Fsp3) is 0.0833. The third-order valence-electron chi connectivity index (χ3n) is 2.32. The standard InChI is InChI=1S/C12H6BrCl2FOS/c13-7-1-2-9(16)6(3-7)4-10(17)8-5-11(14)18-12(8)15/h1-3,5H,4H2. The summed E-state index contributed by atoms with van der Waals surface area (Å²) >= 11 is 16.0. The lowest BCUT2D eigenvalue weighted by Gasteiger charge is -2.03. The number of hydrogen-bond acceptors (Lipinski definition) is 2. The lowest BCUT2D eigenvalue weighted by Crippen LogP contribution is -2.04. The van der Waals surface area contributed by atoms with Crippen LogP contribution >= 0.6 is 50.5 Å². The molecule has 1 aromatic carbocycles. The van der Waals surface area contributed by atoms with E-state index in [0.29, 0.717) is 19.8 Å². The van der Waals surface area contributed by atoms with Crippen LogP contribution in [0.25, 0.3) is 0 Å². The van der Waals surface area contributed by atoms with E-state index in [-0.39, 0.29) is 12.2 Å². The van der Waals surface area contributed by atoms with Gasteiger partial charge in [-0.2, -0.15) is 0 Å². The number of halogens is 4. The monoisotopic (exact) mass is 366 g/mol. The molecular formula is C12H6BrCl2FOS. The second kappa shape index (κ2) is 5.70. The first-order valence-corrected chi connectivity index (χ1v) is 7.26. The first kappa shape index (κ1) is 14.0. The maximum atomic E-state index is 13.5. The molecule has 0 fully saturated rings. The number of benzene rings is 1. The Balaban J connectivity index is 2.26. The van der Waals surface area contributed by atoms with Crippen molar-refractivity contribution >= 4 is 56.3 Å². The fourth-order valence-corrected chi connectivity index (χ4v) is 3.38. The minimum absolute atomic E-state index is 0.0436. The minimum atomic E-state index is -0.413. The molecule has 0 N–H and O–H groups in total. The van der Waals surface area contributed by atoms with Gasteiger partial charge in [-0.15, -0.1) is 11.3 Å². The van der Waals surface area contributed by atoms with E-state index in [2.05, 4.69) is 15.9 Å². The first-order valence-electron chi connectivity index (χ1n) is 4.89. The Labute approximate surface area is 126 Å². The molecule has 2 aromatic rings. The van der Waals surface area contributed by atoms with Crippen LogP contribution in [0, 0.1) is 5.82 Å². The van der Waals surface area contributed by atoms with Gasteiger partial charge in [0.25, 0.3) is 0 Å². The lowest BCUT2D eigenvalue weighted by atomic mass is 10.1. The summed E-state index contributed by atoms with van der Waals surface area (Å²) in [6, 6.07) is 5.98. The highest BCUT2D eigenvalue weighted by molar-refractivity contribution is 9.10. The number of ketones is 1. The van der Waals surface area contributed by atoms with E-state index in [4.69, 9.17) is 23.2 Å². The number of hydrogen-bond donors (Lipinski definition) is 0. The van der Waals surface area contributed by atoms with Crippen molar-refractivity contribution in [3.8, 4) is 0 Å². The Hall–Kier alpha value is -0.420. The van der Waals surface area contributed by atoms with Crippen LogP contribution in [0.2, 0.25) is 8.67 Å². The van der Waals surface area contributed by atoms with Crippen LogP contribution in [-0.4, -0.2) is 5.78 Å². The van der Waals surface area contributed by atoms with Crippen molar-refractivity contribution in [2.75, 3.05) is 0 Å². The summed E-state index contributed by atoms with van der Waals surface area (Å²) in [5, 5.41) is 0. The molecular weight excluding hydrogens is 362 g/mol. The van der Waals surface area contributed by atoms with Gasteiger partial charge in [0, 0.05) is 16.5 Å². The van der Waals surface area contributed by atoms with Gasteiger partial charge in [0.2, 0.25) is 0 Å². The largest absolute Gasteiger partial charge is 0.294 e. The maximum absolute atomic E-state index is 13.5. The van der Waals surface area contributed by atoms with Crippen LogP contribution in [0.1, 0.15) is 15.9 Å². The van der Waals surface area contributed by atoms with Gasteiger partial charge in [-0.1, -0.05) is 39.1 Å². The molecule has 0 saturated carbocycles. The Morgan fingerprint density at radius 3 is 2.67 bits per heavy atom. The Bertz CT molecular complexity index is 612. The Morgan fingerprint density at radius 1 is 1.33 bits per heavy atom. The second-order valence-electron chi connectivity index (χ2n) is 3.57. The number of rotatable bonds is 3. The van der Waals surface area contributed by atoms with Gasteiger partial charge in [0.15, 0.2) is 5.78 Å². The SMILES string of the molecule is O=C(Cc1cc(Br)ccc1F)c1cc(Cl)sc1Cl. The molecule has 0 unspecified atom stereocenters. The van der Waals surface area contributed by atoms with Crippen LogP contribution in [0.3, 0.4) is 0 Å². The van der Waals surface area contributed by atoms with E-state index in [1.807, 2.05) is 0 Å². The van der Waals surface area contributed by atoms with Crippen LogP contribution in [-0.2, 0) is 6.42 Å². The molecule has 1 nitrogen and oxygen atoms in total.